The maximum atomic E-state index is 13.1. The predicted molar refractivity (Wildman–Crippen MR) is 61.4 cm³/mol. The van der Waals surface area contributed by atoms with E-state index in [1.165, 1.54) is 18.2 Å². The van der Waals surface area contributed by atoms with Gasteiger partial charge in [-0.15, -0.1) is 0 Å². The van der Waals surface area contributed by atoms with E-state index < -0.39 is 5.82 Å². The molecule has 1 rings (SSSR count). The van der Waals surface area contributed by atoms with Crippen LogP contribution in [0, 0.1) is 5.82 Å². The lowest BCUT2D eigenvalue weighted by atomic mass is 10.1. The van der Waals surface area contributed by atoms with E-state index in [0.717, 1.165) is 12.8 Å². The highest BCUT2D eigenvalue weighted by molar-refractivity contribution is 5.98. The lowest BCUT2D eigenvalue weighted by Crippen LogP contribution is -2.05. The summed E-state index contributed by atoms with van der Waals surface area (Å²) in [6, 6.07) is 4.09. The predicted octanol–water partition coefficient (Wildman–Crippen LogP) is 3.60. The number of rotatable bonds is 6. The SMILES string of the molecule is CCCOc1ccc(F)cc1C(=O)CCC. The maximum absolute atomic E-state index is 13.1. The normalized spacial score (nSPS) is 10.2. The first kappa shape index (κ1) is 12.7. The largest absolute Gasteiger partial charge is 0.493 e. The molecule has 0 aromatic heterocycles. The number of carbonyl (C=O) groups excluding carboxylic acids is 1. The van der Waals surface area contributed by atoms with Crippen molar-refractivity contribution in [3.8, 4) is 5.75 Å². The van der Waals surface area contributed by atoms with E-state index in [1.54, 1.807) is 0 Å². The van der Waals surface area contributed by atoms with Crippen LogP contribution >= 0.6 is 0 Å². The van der Waals surface area contributed by atoms with Gasteiger partial charge in [0.25, 0.3) is 0 Å². The Balaban J connectivity index is 2.93. The summed E-state index contributed by atoms with van der Waals surface area (Å²) >= 11 is 0. The monoisotopic (exact) mass is 224 g/mol. The summed E-state index contributed by atoms with van der Waals surface area (Å²) in [5.74, 6) is 0.0260. The number of hydrogen-bond acceptors (Lipinski definition) is 2. The molecule has 1 aromatic carbocycles. The topological polar surface area (TPSA) is 26.3 Å². The smallest absolute Gasteiger partial charge is 0.166 e. The van der Waals surface area contributed by atoms with Crippen LogP contribution in [0.4, 0.5) is 4.39 Å². The van der Waals surface area contributed by atoms with Crippen molar-refractivity contribution in [2.75, 3.05) is 6.61 Å². The molecular weight excluding hydrogens is 207 g/mol. The molecule has 1 aromatic rings. The van der Waals surface area contributed by atoms with Gasteiger partial charge in [0.05, 0.1) is 12.2 Å². The van der Waals surface area contributed by atoms with Gasteiger partial charge in [0.2, 0.25) is 0 Å². The molecule has 0 amide bonds. The first-order valence-electron chi connectivity index (χ1n) is 5.64. The van der Waals surface area contributed by atoms with E-state index in [2.05, 4.69) is 0 Å². The number of ketones is 1. The Morgan fingerprint density at radius 3 is 2.69 bits per heavy atom. The molecule has 0 atom stereocenters. The van der Waals surface area contributed by atoms with Gasteiger partial charge in [-0.1, -0.05) is 13.8 Å². The average molecular weight is 224 g/mol. The van der Waals surface area contributed by atoms with Crippen LogP contribution in [-0.2, 0) is 0 Å². The van der Waals surface area contributed by atoms with Crippen LogP contribution in [0.15, 0.2) is 18.2 Å². The van der Waals surface area contributed by atoms with Crippen molar-refractivity contribution in [3.05, 3.63) is 29.6 Å². The molecule has 0 radical (unpaired) electrons. The molecule has 0 aliphatic heterocycles. The molecule has 0 spiro atoms. The van der Waals surface area contributed by atoms with Gasteiger partial charge in [-0.2, -0.15) is 0 Å². The van der Waals surface area contributed by atoms with Gasteiger partial charge in [0, 0.05) is 6.42 Å². The second-order valence-corrected chi connectivity index (χ2v) is 3.66. The molecular formula is C13H17FO2. The summed E-state index contributed by atoms with van der Waals surface area (Å²) in [6.07, 6.45) is 2.04. The van der Waals surface area contributed by atoms with Crippen LogP contribution < -0.4 is 4.74 Å². The van der Waals surface area contributed by atoms with E-state index in [9.17, 15) is 9.18 Å². The summed E-state index contributed by atoms with van der Waals surface area (Å²) in [7, 11) is 0. The van der Waals surface area contributed by atoms with Crippen LogP contribution in [0.3, 0.4) is 0 Å². The van der Waals surface area contributed by atoms with Gasteiger partial charge in [0.1, 0.15) is 11.6 Å². The van der Waals surface area contributed by atoms with Gasteiger partial charge in [-0.25, -0.2) is 4.39 Å². The summed E-state index contributed by atoms with van der Waals surface area (Å²) in [5.41, 5.74) is 0.357. The van der Waals surface area contributed by atoms with E-state index >= 15 is 0 Å². The van der Waals surface area contributed by atoms with Crippen LogP contribution in [0.2, 0.25) is 0 Å². The fourth-order valence-corrected chi connectivity index (χ4v) is 1.42. The molecule has 0 saturated heterocycles. The molecule has 3 heteroatoms. The first-order chi connectivity index (χ1) is 7.69. The minimum absolute atomic E-state index is 0.0619. The van der Waals surface area contributed by atoms with Gasteiger partial charge >= 0.3 is 0 Å². The van der Waals surface area contributed by atoms with Crippen molar-refractivity contribution in [1.82, 2.24) is 0 Å². The van der Waals surface area contributed by atoms with Crippen LogP contribution in [0.5, 0.6) is 5.75 Å². The van der Waals surface area contributed by atoms with Crippen molar-refractivity contribution in [2.45, 2.75) is 33.1 Å². The molecule has 0 saturated carbocycles. The molecule has 0 N–H and O–H groups in total. The van der Waals surface area contributed by atoms with Crippen molar-refractivity contribution >= 4 is 5.78 Å². The second kappa shape index (κ2) is 6.26. The van der Waals surface area contributed by atoms with Gasteiger partial charge in [0.15, 0.2) is 5.78 Å². The third-order valence-electron chi connectivity index (χ3n) is 2.18. The standard InChI is InChI=1S/C13H17FO2/c1-3-5-12(15)11-9-10(14)6-7-13(11)16-8-4-2/h6-7,9H,3-5,8H2,1-2H3. The lowest BCUT2D eigenvalue weighted by molar-refractivity contribution is 0.0977. The molecule has 0 fully saturated rings. The number of Topliss-reactive ketones (excluding diaryl/α,β-unsaturated/α-hetero) is 1. The zero-order valence-corrected chi connectivity index (χ0v) is 9.75. The number of halogens is 1. The molecule has 88 valence electrons. The van der Waals surface area contributed by atoms with Crippen molar-refractivity contribution < 1.29 is 13.9 Å². The van der Waals surface area contributed by atoms with E-state index in [1.807, 2.05) is 13.8 Å². The number of carbonyl (C=O) groups is 1. The zero-order valence-electron chi connectivity index (χ0n) is 9.75. The minimum Gasteiger partial charge on any atom is -0.493 e. The van der Waals surface area contributed by atoms with E-state index in [-0.39, 0.29) is 5.78 Å². The summed E-state index contributed by atoms with van der Waals surface area (Å²) in [6.45, 7) is 4.44. The number of ether oxygens (including phenoxy) is 1. The molecule has 16 heavy (non-hydrogen) atoms. The van der Waals surface area contributed by atoms with Crippen LogP contribution in [-0.4, -0.2) is 12.4 Å². The molecule has 0 bridgehead atoms. The fourth-order valence-electron chi connectivity index (χ4n) is 1.42. The van der Waals surface area contributed by atoms with Crippen molar-refractivity contribution in [3.63, 3.8) is 0 Å². The third-order valence-corrected chi connectivity index (χ3v) is 2.18. The van der Waals surface area contributed by atoms with Gasteiger partial charge < -0.3 is 4.74 Å². The molecule has 0 heterocycles. The number of benzene rings is 1. The summed E-state index contributed by atoms with van der Waals surface area (Å²) in [5, 5.41) is 0. The summed E-state index contributed by atoms with van der Waals surface area (Å²) in [4.78, 5) is 11.7. The Morgan fingerprint density at radius 2 is 2.06 bits per heavy atom. The number of hydrogen-bond donors (Lipinski definition) is 0. The molecule has 0 aliphatic carbocycles. The van der Waals surface area contributed by atoms with Crippen molar-refractivity contribution in [1.29, 1.82) is 0 Å². The highest BCUT2D eigenvalue weighted by atomic mass is 19.1. The summed E-state index contributed by atoms with van der Waals surface area (Å²) < 4.78 is 18.5. The minimum atomic E-state index is -0.400. The van der Waals surface area contributed by atoms with Gasteiger partial charge in [-0.05, 0) is 31.0 Å². The van der Waals surface area contributed by atoms with Gasteiger partial charge in [-0.3, -0.25) is 4.79 Å². The lowest BCUT2D eigenvalue weighted by Gasteiger charge is -2.09. The molecule has 0 unspecified atom stereocenters. The van der Waals surface area contributed by atoms with Crippen LogP contribution in [0.1, 0.15) is 43.5 Å². The fraction of sp³-hybridized carbons (Fsp3) is 0.462. The molecule has 2 nitrogen and oxygen atoms in total. The zero-order chi connectivity index (χ0) is 12.0. The maximum Gasteiger partial charge on any atom is 0.166 e. The average Bonchev–Trinajstić information content (AvgIpc) is 2.27. The Labute approximate surface area is 95.4 Å². The van der Waals surface area contributed by atoms with Crippen LogP contribution in [0.25, 0.3) is 0 Å². The highest BCUT2D eigenvalue weighted by Gasteiger charge is 2.12. The van der Waals surface area contributed by atoms with E-state index in [0.29, 0.717) is 24.3 Å². The Morgan fingerprint density at radius 1 is 1.31 bits per heavy atom. The Hall–Kier alpha value is -1.38. The third kappa shape index (κ3) is 3.33. The Kier molecular flexibility index (Phi) is 4.96. The Bertz CT molecular complexity index is 361. The van der Waals surface area contributed by atoms with E-state index in [4.69, 9.17) is 4.74 Å². The van der Waals surface area contributed by atoms with Crippen molar-refractivity contribution in [2.24, 2.45) is 0 Å². The quantitative estimate of drug-likeness (QED) is 0.690. The molecule has 0 aliphatic rings. The highest BCUT2D eigenvalue weighted by Crippen LogP contribution is 2.22. The second-order valence-electron chi connectivity index (χ2n) is 3.66. The first-order valence-corrected chi connectivity index (χ1v) is 5.64.